The van der Waals surface area contributed by atoms with Crippen LogP contribution in [0.3, 0.4) is 0 Å². The number of carbonyl (C=O) groups excluding carboxylic acids is 3. The Balaban J connectivity index is 1.19. The van der Waals surface area contributed by atoms with Crippen LogP contribution in [-0.4, -0.2) is 29.2 Å². The van der Waals surface area contributed by atoms with Gasteiger partial charge in [-0.2, -0.15) is 0 Å². The lowest BCUT2D eigenvalue weighted by molar-refractivity contribution is -0.149. The van der Waals surface area contributed by atoms with E-state index in [9.17, 15) is 14.4 Å². The summed E-state index contributed by atoms with van der Waals surface area (Å²) in [6, 6.07) is 14.2. The second-order valence-corrected chi connectivity index (χ2v) is 9.77. The van der Waals surface area contributed by atoms with Crippen molar-refractivity contribution in [2.24, 2.45) is 11.8 Å². The molecular formula is C25H26N2O4S. The van der Waals surface area contributed by atoms with Crippen molar-refractivity contribution in [3.63, 3.8) is 0 Å². The molecule has 3 atom stereocenters. The summed E-state index contributed by atoms with van der Waals surface area (Å²) >= 11 is 1.71. The van der Waals surface area contributed by atoms with Gasteiger partial charge in [0.1, 0.15) is 6.10 Å². The highest BCUT2D eigenvalue weighted by Gasteiger charge is 2.47. The first-order valence-corrected chi connectivity index (χ1v) is 12.1. The van der Waals surface area contributed by atoms with Crippen LogP contribution < -0.4 is 5.32 Å². The van der Waals surface area contributed by atoms with Gasteiger partial charge in [-0.15, -0.1) is 0 Å². The Morgan fingerprint density at radius 3 is 2.50 bits per heavy atom. The zero-order valence-electron chi connectivity index (χ0n) is 18.0. The van der Waals surface area contributed by atoms with Gasteiger partial charge in [0.25, 0.3) is 0 Å². The van der Waals surface area contributed by atoms with Crippen molar-refractivity contribution in [2.45, 2.75) is 54.9 Å². The molecular weight excluding hydrogens is 424 g/mol. The first kappa shape index (κ1) is 21.1. The maximum absolute atomic E-state index is 12.6. The van der Waals surface area contributed by atoms with E-state index in [4.69, 9.17) is 4.74 Å². The zero-order valence-corrected chi connectivity index (χ0v) is 18.8. The first-order valence-electron chi connectivity index (χ1n) is 11.2. The van der Waals surface area contributed by atoms with Crippen LogP contribution in [0.5, 0.6) is 0 Å². The molecule has 32 heavy (non-hydrogen) atoms. The molecule has 0 aromatic heterocycles. The molecule has 7 heteroatoms. The smallest absolute Gasteiger partial charge is 0.308 e. The fourth-order valence-electron chi connectivity index (χ4n) is 4.89. The molecule has 2 amide bonds. The van der Waals surface area contributed by atoms with Crippen LogP contribution in [0.4, 0.5) is 11.4 Å². The van der Waals surface area contributed by atoms with E-state index in [1.54, 1.807) is 11.8 Å². The second kappa shape index (κ2) is 8.62. The molecule has 0 unspecified atom stereocenters. The molecule has 1 saturated carbocycles. The van der Waals surface area contributed by atoms with Gasteiger partial charge in [-0.25, -0.2) is 0 Å². The van der Waals surface area contributed by atoms with E-state index in [0.717, 1.165) is 47.5 Å². The maximum atomic E-state index is 12.6. The molecule has 3 aliphatic rings. The highest BCUT2D eigenvalue weighted by atomic mass is 32.2. The topological polar surface area (TPSA) is 75.7 Å². The number of anilines is 2. The third kappa shape index (κ3) is 3.90. The van der Waals surface area contributed by atoms with Gasteiger partial charge in [-0.1, -0.05) is 42.8 Å². The van der Waals surface area contributed by atoms with Crippen LogP contribution in [0.1, 0.15) is 50.7 Å². The fraction of sp³-hybridized carbons (Fsp3) is 0.400. The summed E-state index contributed by atoms with van der Waals surface area (Å²) in [6.07, 6.45) is 3.14. The summed E-state index contributed by atoms with van der Waals surface area (Å²) in [4.78, 5) is 41.2. The Morgan fingerprint density at radius 1 is 1.06 bits per heavy atom. The van der Waals surface area contributed by atoms with Gasteiger partial charge in [-0.3, -0.25) is 19.3 Å². The number of imide groups is 1. The molecule has 2 aromatic rings. The van der Waals surface area contributed by atoms with E-state index in [0.29, 0.717) is 0 Å². The molecule has 0 bridgehead atoms. The van der Waals surface area contributed by atoms with Crippen LogP contribution >= 0.6 is 11.8 Å². The van der Waals surface area contributed by atoms with E-state index >= 15 is 0 Å². The quantitative estimate of drug-likeness (QED) is 0.432. The average Bonchev–Trinajstić information content (AvgIpc) is 3.05. The van der Waals surface area contributed by atoms with E-state index in [-0.39, 0.29) is 36.6 Å². The van der Waals surface area contributed by atoms with Crippen molar-refractivity contribution in [2.75, 3.05) is 11.9 Å². The number of likely N-dealkylation sites (tertiary alicyclic amines) is 1. The molecule has 1 saturated heterocycles. The molecule has 2 heterocycles. The monoisotopic (exact) mass is 450 g/mol. The minimum Gasteiger partial charge on any atom is -0.458 e. The Bertz CT molecular complexity index is 1060. The average molecular weight is 451 g/mol. The minimum absolute atomic E-state index is 0.0215. The SMILES string of the molecule is C[C@H](OC(=O)CCN1C(=O)[C@H]2CCCC[C@@H]2C1=O)c1ccc2c(c1)Nc1ccccc1S2. The van der Waals surface area contributed by atoms with Gasteiger partial charge < -0.3 is 10.1 Å². The molecule has 1 aliphatic carbocycles. The summed E-state index contributed by atoms with van der Waals surface area (Å²) < 4.78 is 5.62. The molecule has 2 fully saturated rings. The van der Waals surface area contributed by atoms with E-state index < -0.39 is 12.1 Å². The normalized spacial score (nSPS) is 22.5. The van der Waals surface area contributed by atoms with Crippen LogP contribution in [-0.2, 0) is 19.1 Å². The highest BCUT2D eigenvalue weighted by Crippen LogP contribution is 2.44. The van der Waals surface area contributed by atoms with E-state index in [1.165, 1.54) is 9.80 Å². The summed E-state index contributed by atoms with van der Waals surface area (Å²) in [6.45, 7) is 1.94. The number of amides is 2. The van der Waals surface area contributed by atoms with Gasteiger partial charge in [0.15, 0.2) is 0 Å². The number of esters is 1. The molecule has 5 rings (SSSR count). The van der Waals surface area contributed by atoms with Crippen molar-refractivity contribution < 1.29 is 19.1 Å². The predicted molar refractivity (Wildman–Crippen MR) is 122 cm³/mol. The Labute approximate surface area is 191 Å². The standard InChI is InChI=1S/C25H26N2O4S/c1-15(16-10-11-22-20(14-16)26-19-8-4-5-9-21(19)32-22)31-23(28)12-13-27-24(29)17-6-2-3-7-18(17)25(27)30/h4-5,8-11,14-15,17-18,26H,2-3,6-7,12-13H2,1H3/t15-,17-,18-/m0/s1. The number of carbonyl (C=O) groups is 3. The van der Waals surface area contributed by atoms with E-state index in [2.05, 4.69) is 11.4 Å². The number of benzene rings is 2. The van der Waals surface area contributed by atoms with Crippen molar-refractivity contribution in [3.05, 3.63) is 48.0 Å². The number of ether oxygens (including phenoxy) is 1. The summed E-state index contributed by atoms with van der Waals surface area (Å²) in [5, 5.41) is 3.44. The molecule has 6 nitrogen and oxygen atoms in total. The lowest BCUT2D eigenvalue weighted by Crippen LogP contribution is -2.33. The van der Waals surface area contributed by atoms with Crippen molar-refractivity contribution >= 4 is 40.9 Å². The summed E-state index contributed by atoms with van der Waals surface area (Å²) in [5.74, 6) is -0.995. The Hall–Kier alpha value is -2.80. The van der Waals surface area contributed by atoms with Gasteiger partial charge in [0.2, 0.25) is 11.8 Å². The molecule has 166 valence electrons. The van der Waals surface area contributed by atoms with Crippen LogP contribution in [0.2, 0.25) is 0 Å². The lowest BCUT2D eigenvalue weighted by atomic mass is 9.81. The van der Waals surface area contributed by atoms with Crippen LogP contribution in [0.25, 0.3) is 0 Å². The van der Waals surface area contributed by atoms with Gasteiger partial charge >= 0.3 is 5.97 Å². The Morgan fingerprint density at radius 2 is 1.75 bits per heavy atom. The van der Waals surface area contributed by atoms with Crippen molar-refractivity contribution in [1.82, 2.24) is 4.90 Å². The largest absolute Gasteiger partial charge is 0.458 e. The van der Waals surface area contributed by atoms with Gasteiger partial charge in [-0.05, 0) is 49.6 Å². The molecule has 1 N–H and O–H groups in total. The number of hydrogen-bond donors (Lipinski definition) is 1. The first-order chi connectivity index (χ1) is 15.5. The van der Waals surface area contributed by atoms with Crippen molar-refractivity contribution in [3.8, 4) is 0 Å². The molecule has 2 aromatic carbocycles. The van der Waals surface area contributed by atoms with Crippen LogP contribution in [0.15, 0.2) is 52.3 Å². The molecule has 2 aliphatic heterocycles. The van der Waals surface area contributed by atoms with Crippen LogP contribution in [0, 0.1) is 11.8 Å². The third-order valence-corrected chi connectivity index (χ3v) is 7.78. The fourth-order valence-corrected chi connectivity index (χ4v) is 5.86. The van der Waals surface area contributed by atoms with E-state index in [1.807, 2.05) is 43.3 Å². The number of nitrogens with one attached hydrogen (secondary N) is 1. The second-order valence-electron chi connectivity index (χ2n) is 8.69. The number of hydrogen-bond acceptors (Lipinski definition) is 6. The number of fused-ring (bicyclic) bond motifs is 3. The summed E-state index contributed by atoms with van der Waals surface area (Å²) in [7, 11) is 0. The molecule has 0 radical (unpaired) electrons. The maximum Gasteiger partial charge on any atom is 0.308 e. The minimum atomic E-state index is -0.427. The van der Waals surface area contributed by atoms with Gasteiger partial charge in [0.05, 0.1) is 29.6 Å². The van der Waals surface area contributed by atoms with Crippen molar-refractivity contribution in [1.29, 1.82) is 0 Å². The van der Waals surface area contributed by atoms with Gasteiger partial charge in [0, 0.05) is 16.3 Å². The highest BCUT2D eigenvalue weighted by molar-refractivity contribution is 7.99. The predicted octanol–water partition coefficient (Wildman–Crippen LogP) is 5.06. The number of rotatable bonds is 5. The number of nitrogens with zero attached hydrogens (tertiary/aromatic N) is 1. The zero-order chi connectivity index (χ0) is 22.2. The lowest BCUT2D eigenvalue weighted by Gasteiger charge is -2.22. The number of para-hydroxylation sites is 1. The summed E-state index contributed by atoms with van der Waals surface area (Å²) in [5.41, 5.74) is 2.95. The third-order valence-electron chi connectivity index (χ3n) is 6.63. The molecule has 0 spiro atoms. The Kier molecular flexibility index (Phi) is 5.67.